The molecule has 4 heteroatoms. The fourth-order valence-electron chi connectivity index (χ4n) is 1.86. The number of rotatable bonds is 4. The molecule has 2 rings (SSSR count). The molecule has 1 aromatic carbocycles. The lowest BCUT2D eigenvalue weighted by Crippen LogP contribution is -2.31. The van der Waals surface area contributed by atoms with Gasteiger partial charge in [0.05, 0.1) is 6.10 Å². The van der Waals surface area contributed by atoms with Crippen molar-refractivity contribution < 1.29 is 9.53 Å². The summed E-state index contributed by atoms with van der Waals surface area (Å²) in [6, 6.07) is 7.64. The number of thioether (sulfide) groups is 1. The molecule has 0 saturated carbocycles. The number of carbonyl (C=O) groups excluding carboxylic acids is 1. The normalized spacial score (nSPS) is 19.2. The van der Waals surface area contributed by atoms with Crippen LogP contribution in [0.4, 0.5) is 0 Å². The molecular formula is C13H17NO2S. The Morgan fingerprint density at radius 3 is 2.82 bits per heavy atom. The van der Waals surface area contributed by atoms with Crippen molar-refractivity contribution in [1.29, 1.82) is 0 Å². The van der Waals surface area contributed by atoms with Gasteiger partial charge in [-0.1, -0.05) is 0 Å². The van der Waals surface area contributed by atoms with Crippen molar-refractivity contribution in [2.24, 2.45) is 0 Å². The van der Waals surface area contributed by atoms with Gasteiger partial charge in [-0.15, -0.1) is 11.8 Å². The number of carbonyl (C=O) groups is 1. The molecule has 0 aliphatic carbocycles. The number of benzene rings is 1. The summed E-state index contributed by atoms with van der Waals surface area (Å²) in [6.45, 7) is 1.44. The average Bonchev–Trinajstić information content (AvgIpc) is 2.89. The van der Waals surface area contributed by atoms with Gasteiger partial charge in [-0.05, 0) is 43.4 Å². The zero-order valence-electron chi connectivity index (χ0n) is 9.94. The standard InChI is InChI=1S/C13H17NO2S/c1-17-12-6-4-10(5-7-12)13(15)14-9-11-3-2-8-16-11/h4-7,11H,2-3,8-9H2,1H3,(H,14,15). The third-order valence-corrected chi connectivity index (χ3v) is 3.61. The molecule has 0 radical (unpaired) electrons. The van der Waals surface area contributed by atoms with E-state index in [0.717, 1.165) is 19.4 Å². The molecule has 0 spiro atoms. The molecule has 17 heavy (non-hydrogen) atoms. The van der Waals surface area contributed by atoms with Crippen molar-refractivity contribution in [1.82, 2.24) is 5.32 Å². The molecule has 1 saturated heterocycles. The van der Waals surface area contributed by atoms with E-state index in [1.54, 1.807) is 11.8 Å². The summed E-state index contributed by atoms with van der Waals surface area (Å²) < 4.78 is 5.46. The molecule has 1 aliphatic rings. The first-order valence-electron chi connectivity index (χ1n) is 5.83. The Kier molecular flexibility index (Phi) is 4.45. The Balaban J connectivity index is 1.85. The highest BCUT2D eigenvalue weighted by atomic mass is 32.2. The lowest BCUT2D eigenvalue weighted by atomic mass is 10.2. The average molecular weight is 251 g/mol. The molecule has 92 valence electrons. The second kappa shape index (κ2) is 6.07. The maximum atomic E-state index is 11.8. The maximum Gasteiger partial charge on any atom is 0.251 e. The minimum atomic E-state index is -0.0202. The molecule has 1 amide bonds. The van der Waals surface area contributed by atoms with E-state index in [9.17, 15) is 4.79 Å². The van der Waals surface area contributed by atoms with Gasteiger partial charge in [-0.2, -0.15) is 0 Å². The fraction of sp³-hybridized carbons (Fsp3) is 0.462. The number of amides is 1. The van der Waals surface area contributed by atoms with Gasteiger partial charge in [0.1, 0.15) is 0 Å². The smallest absolute Gasteiger partial charge is 0.251 e. The molecule has 3 nitrogen and oxygen atoms in total. The fourth-order valence-corrected chi connectivity index (χ4v) is 2.26. The van der Waals surface area contributed by atoms with E-state index in [0.29, 0.717) is 12.1 Å². The summed E-state index contributed by atoms with van der Waals surface area (Å²) in [5.41, 5.74) is 0.709. The van der Waals surface area contributed by atoms with Crippen molar-refractivity contribution >= 4 is 17.7 Å². The van der Waals surface area contributed by atoms with Crippen molar-refractivity contribution in [3.63, 3.8) is 0 Å². The van der Waals surface area contributed by atoms with Crippen LogP contribution in [0.5, 0.6) is 0 Å². The van der Waals surface area contributed by atoms with E-state index in [1.807, 2.05) is 30.5 Å². The predicted octanol–water partition coefficient (Wildman–Crippen LogP) is 2.32. The minimum Gasteiger partial charge on any atom is -0.376 e. The quantitative estimate of drug-likeness (QED) is 0.835. The number of hydrogen-bond acceptors (Lipinski definition) is 3. The molecule has 1 unspecified atom stereocenters. The monoisotopic (exact) mass is 251 g/mol. The Morgan fingerprint density at radius 1 is 1.47 bits per heavy atom. The van der Waals surface area contributed by atoms with E-state index in [1.165, 1.54) is 4.90 Å². The Morgan fingerprint density at radius 2 is 2.24 bits per heavy atom. The minimum absolute atomic E-state index is 0.0202. The van der Waals surface area contributed by atoms with E-state index >= 15 is 0 Å². The van der Waals surface area contributed by atoms with E-state index in [-0.39, 0.29) is 12.0 Å². The van der Waals surface area contributed by atoms with Gasteiger partial charge in [0.15, 0.2) is 0 Å². The Labute approximate surface area is 106 Å². The highest BCUT2D eigenvalue weighted by molar-refractivity contribution is 7.98. The summed E-state index contributed by atoms with van der Waals surface area (Å²) in [4.78, 5) is 13.0. The van der Waals surface area contributed by atoms with Crippen LogP contribution in [0.2, 0.25) is 0 Å². The van der Waals surface area contributed by atoms with Crippen molar-refractivity contribution in [2.45, 2.75) is 23.8 Å². The molecule has 1 heterocycles. The molecule has 0 aromatic heterocycles. The zero-order chi connectivity index (χ0) is 12.1. The van der Waals surface area contributed by atoms with Gasteiger partial charge < -0.3 is 10.1 Å². The summed E-state index contributed by atoms with van der Waals surface area (Å²) >= 11 is 1.67. The molecule has 1 aliphatic heterocycles. The van der Waals surface area contributed by atoms with Crippen LogP contribution in [0, 0.1) is 0 Å². The first-order chi connectivity index (χ1) is 8.29. The van der Waals surface area contributed by atoms with Gasteiger partial charge in [0, 0.05) is 23.6 Å². The van der Waals surface area contributed by atoms with Crippen molar-refractivity contribution in [3.8, 4) is 0 Å². The second-order valence-corrected chi connectivity index (χ2v) is 4.95. The van der Waals surface area contributed by atoms with Crippen LogP contribution in [0.1, 0.15) is 23.2 Å². The van der Waals surface area contributed by atoms with E-state index in [2.05, 4.69) is 5.32 Å². The lowest BCUT2D eigenvalue weighted by Gasteiger charge is -2.10. The molecule has 1 N–H and O–H groups in total. The predicted molar refractivity (Wildman–Crippen MR) is 69.5 cm³/mol. The van der Waals surface area contributed by atoms with Crippen LogP contribution >= 0.6 is 11.8 Å². The summed E-state index contributed by atoms with van der Waals surface area (Å²) in [6.07, 6.45) is 4.37. The van der Waals surface area contributed by atoms with Crippen molar-refractivity contribution in [2.75, 3.05) is 19.4 Å². The highest BCUT2D eigenvalue weighted by Gasteiger charge is 2.16. The first-order valence-corrected chi connectivity index (χ1v) is 7.06. The van der Waals surface area contributed by atoms with Crippen LogP contribution in [-0.2, 0) is 4.74 Å². The van der Waals surface area contributed by atoms with Gasteiger partial charge >= 0.3 is 0 Å². The van der Waals surface area contributed by atoms with Crippen LogP contribution in [0.3, 0.4) is 0 Å². The van der Waals surface area contributed by atoms with Crippen LogP contribution in [0.25, 0.3) is 0 Å². The molecule has 0 bridgehead atoms. The van der Waals surface area contributed by atoms with Crippen molar-refractivity contribution in [3.05, 3.63) is 29.8 Å². The molecule has 1 fully saturated rings. The highest BCUT2D eigenvalue weighted by Crippen LogP contribution is 2.15. The third kappa shape index (κ3) is 3.48. The second-order valence-electron chi connectivity index (χ2n) is 4.07. The van der Waals surface area contributed by atoms with Crippen LogP contribution < -0.4 is 5.32 Å². The summed E-state index contributed by atoms with van der Waals surface area (Å²) in [5, 5.41) is 2.91. The number of ether oxygens (including phenoxy) is 1. The SMILES string of the molecule is CSc1ccc(C(=O)NCC2CCCO2)cc1. The van der Waals surface area contributed by atoms with E-state index in [4.69, 9.17) is 4.74 Å². The van der Waals surface area contributed by atoms with Gasteiger partial charge in [-0.3, -0.25) is 4.79 Å². The Bertz CT molecular complexity index is 372. The third-order valence-electron chi connectivity index (χ3n) is 2.87. The maximum absolute atomic E-state index is 11.8. The number of nitrogens with one attached hydrogen (secondary N) is 1. The molecular weight excluding hydrogens is 234 g/mol. The molecule has 1 aromatic rings. The topological polar surface area (TPSA) is 38.3 Å². The lowest BCUT2D eigenvalue weighted by molar-refractivity contribution is 0.0857. The van der Waals surface area contributed by atoms with E-state index < -0.39 is 0 Å². The molecule has 1 atom stereocenters. The largest absolute Gasteiger partial charge is 0.376 e. The zero-order valence-corrected chi connectivity index (χ0v) is 10.8. The first kappa shape index (κ1) is 12.5. The van der Waals surface area contributed by atoms with Crippen LogP contribution in [-0.4, -0.2) is 31.4 Å². The summed E-state index contributed by atoms with van der Waals surface area (Å²) in [7, 11) is 0. The van der Waals surface area contributed by atoms with Crippen LogP contribution in [0.15, 0.2) is 29.2 Å². The van der Waals surface area contributed by atoms with Gasteiger partial charge in [0.25, 0.3) is 5.91 Å². The Hall–Kier alpha value is -1.00. The van der Waals surface area contributed by atoms with Gasteiger partial charge in [-0.25, -0.2) is 0 Å². The summed E-state index contributed by atoms with van der Waals surface area (Å²) in [5.74, 6) is -0.0202. The number of hydrogen-bond donors (Lipinski definition) is 1. The van der Waals surface area contributed by atoms with Gasteiger partial charge in [0.2, 0.25) is 0 Å².